The van der Waals surface area contributed by atoms with E-state index in [0.29, 0.717) is 24.6 Å². The van der Waals surface area contributed by atoms with Crippen molar-refractivity contribution in [1.82, 2.24) is 10.2 Å². The van der Waals surface area contributed by atoms with E-state index in [2.05, 4.69) is 42.2 Å². The van der Waals surface area contributed by atoms with Crippen LogP contribution in [0.3, 0.4) is 0 Å². The number of aromatic nitrogens is 2. The van der Waals surface area contributed by atoms with Crippen LogP contribution in [0.5, 0.6) is 0 Å². The molecule has 5 nitrogen and oxygen atoms in total. The molecule has 0 saturated heterocycles. The number of benzene rings is 2. The normalized spacial score (nSPS) is 10.6. The van der Waals surface area contributed by atoms with Crippen LogP contribution in [0.2, 0.25) is 0 Å². The van der Waals surface area contributed by atoms with E-state index in [1.807, 2.05) is 30.3 Å². The summed E-state index contributed by atoms with van der Waals surface area (Å²) in [5.74, 6) is 0.431. The second-order valence-corrected chi connectivity index (χ2v) is 5.96. The molecular weight excluding hydrogens is 316 g/mol. The molecule has 0 unspecified atom stereocenters. The molecule has 0 radical (unpaired) electrons. The number of ether oxygens (including phenoxy) is 1. The van der Waals surface area contributed by atoms with E-state index in [9.17, 15) is 4.79 Å². The van der Waals surface area contributed by atoms with Gasteiger partial charge in [-0.05, 0) is 43.5 Å². The predicted octanol–water partition coefficient (Wildman–Crippen LogP) is 4.03. The van der Waals surface area contributed by atoms with Gasteiger partial charge >= 0.3 is 5.97 Å². The lowest BCUT2D eigenvalue weighted by Crippen LogP contribution is -2.06. The van der Waals surface area contributed by atoms with Gasteiger partial charge in [0.15, 0.2) is 6.61 Å². The van der Waals surface area contributed by atoms with E-state index in [0.717, 1.165) is 11.1 Å². The maximum atomic E-state index is 11.9. The topological polar surface area (TPSA) is 65.2 Å². The van der Waals surface area contributed by atoms with Gasteiger partial charge in [0.2, 0.25) is 5.89 Å². The summed E-state index contributed by atoms with van der Waals surface area (Å²) < 4.78 is 10.7. The number of esters is 1. The van der Waals surface area contributed by atoms with Crippen molar-refractivity contribution < 1.29 is 13.9 Å². The molecule has 3 rings (SSSR count). The molecule has 0 fully saturated rings. The third-order valence-electron chi connectivity index (χ3n) is 3.94. The van der Waals surface area contributed by atoms with Crippen LogP contribution in [0.15, 0.2) is 52.9 Å². The SMILES string of the molecule is Cc1ccc(CCC(=O)OCc2nnc(-c3ccccc3)o2)c(C)c1. The first kappa shape index (κ1) is 16.9. The number of nitrogens with zero attached hydrogens (tertiary/aromatic N) is 2. The lowest BCUT2D eigenvalue weighted by atomic mass is 10.0. The zero-order valence-electron chi connectivity index (χ0n) is 14.4. The lowest BCUT2D eigenvalue weighted by Gasteiger charge is -2.06. The summed E-state index contributed by atoms with van der Waals surface area (Å²) in [4.78, 5) is 11.9. The van der Waals surface area contributed by atoms with Crippen molar-refractivity contribution in [2.24, 2.45) is 0 Å². The summed E-state index contributed by atoms with van der Waals surface area (Å²) in [5.41, 5.74) is 4.40. The van der Waals surface area contributed by atoms with Crippen LogP contribution in [-0.2, 0) is 22.6 Å². The zero-order chi connectivity index (χ0) is 17.6. The third-order valence-corrected chi connectivity index (χ3v) is 3.94. The molecule has 2 aromatic carbocycles. The van der Waals surface area contributed by atoms with Gasteiger partial charge in [0.1, 0.15) is 0 Å². The monoisotopic (exact) mass is 336 g/mol. The number of hydrogen-bond donors (Lipinski definition) is 0. The van der Waals surface area contributed by atoms with Crippen LogP contribution in [0.25, 0.3) is 11.5 Å². The second kappa shape index (κ2) is 7.75. The highest BCUT2D eigenvalue weighted by Gasteiger charge is 2.11. The first-order valence-corrected chi connectivity index (χ1v) is 8.21. The molecule has 0 N–H and O–H groups in total. The molecule has 128 valence electrons. The molecule has 0 atom stereocenters. The zero-order valence-corrected chi connectivity index (χ0v) is 14.4. The Kier molecular flexibility index (Phi) is 5.23. The van der Waals surface area contributed by atoms with E-state index in [1.54, 1.807) is 0 Å². The molecule has 0 bridgehead atoms. The minimum absolute atomic E-state index is 0.00839. The molecular formula is C20H20N2O3. The first-order valence-electron chi connectivity index (χ1n) is 8.21. The number of rotatable bonds is 6. The molecule has 0 aliphatic carbocycles. The number of hydrogen-bond acceptors (Lipinski definition) is 5. The average Bonchev–Trinajstić information content (AvgIpc) is 3.09. The Bertz CT molecular complexity index is 856. The number of carbonyl (C=O) groups is 1. The van der Waals surface area contributed by atoms with Crippen LogP contribution in [-0.4, -0.2) is 16.2 Å². The van der Waals surface area contributed by atoms with Crippen molar-refractivity contribution in [3.05, 3.63) is 71.1 Å². The highest BCUT2D eigenvalue weighted by atomic mass is 16.5. The average molecular weight is 336 g/mol. The highest BCUT2D eigenvalue weighted by Crippen LogP contribution is 2.17. The van der Waals surface area contributed by atoms with Gasteiger partial charge in [-0.2, -0.15) is 0 Å². The van der Waals surface area contributed by atoms with E-state index in [-0.39, 0.29) is 12.6 Å². The van der Waals surface area contributed by atoms with Crippen LogP contribution in [0.1, 0.15) is 29.0 Å². The molecule has 5 heteroatoms. The molecule has 0 spiro atoms. The van der Waals surface area contributed by atoms with E-state index >= 15 is 0 Å². The standard InChI is InChI=1S/C20H20N2O3/c1-14-8-9-16(15(2)12-14)10-11-19(23)24-13-18-21-22-20(25-18)17-6-4-3-5-7-17/h3-9,12H,10-11,13H2,1-2H3. The Morgan fingerprint density at radius 3 is 2.64 bits per heavy atom. The van der Waals surface area contributed by atoms with Gasteiger partial charge in [0, 0.05) is 12.0 Å². The van der Waals surface area contributed by atoms with Gasteiger partial charge in [-0.1, -0.05) is 42.0 Å². The van der Waals surface area contributed by atoms with E-state index in [4.69, 9.17) is 9.15 Å². The fourth-order valence-electron chi connectivity index (χ4n) is 2.59. The summed E-state index contributed by atoms with van der Waals surface area (Å²) in [5, 5.41) is 7.88. The van der Waals surface area contributed by atoms with Crippen LogP contribution in [0, 0.1) is 13.8 Å². The summed E-state index contributed by atoms with van der Waals surface area (Å²) in [6.45, 7) is 4.10. The largest absolute Gasteiger partial charge is 0.456 e. The Morgan fingerprint density at radius 2 is 1.88 bits per heavy atom. The van der Waals surface area contributed by atoms with Gasteiger partial charge < -0.3 is 9.15 Å². The minimum Gasteiger partial charge on any atom is -0.456 e. The third kappa shape index (κ3) is 4.53. The van der Waals surface area contributed by atoms with Crippen molar-refractivity contribution in [3.63, 3.8) is 0 Å². The first-order chi connectivity index (χ1) is 12.1. The van der Waals surface area contributed by atoms with Crippen molar-refractivity contribution in [3.8, 4) is 11.5 Å². The summed E-state index contributed by atoms with van der Waals surface area (Å²) >= 11 is 0. The van der Waals surface area contributed by atoms with Crippen molar-refractivity contribution >= 4 is 5.97 Å². The lowest BCUT2D eigenvalue weighted by molar-refractivity contribution is -0.145. The maximum Gasteiger partial charge on any atom is 0.306 e. The summed E-state index contributed by atoms with van der Waals surface area (Å²) in [7, 11) is 0. The Labute approximate surface area is 146 Å². The molecule has 3 aromatic rings. The number of aryl methyl sites for hydroxylation is 3. The molecule has 0 amide bonds. The smallest absolute Gasteiger partial charge is 0.306 e. The Morgan fingerprint density at radius 1 is 1.08 bits per heavy atom. The van der Waals surface area contributed by atoms with Crippen LogP contribution in [0.4, 0.5) is 0 Å². The second-order valence-electron chi connectivity index (χ2n) is 5.96. The molecule has 1 aromatic heterocycles. The molecule has 25 heavy (non-hydrogen) atoms. The van der Waals surface area contributed by atoms with E-state index < -0.39 is 0 Å². The van der Waals surface area contributed by atoms with Gasteiger partial charge in [-0.25, -0.2) is 0 Å². The van der Waals surface area contributed by atoms with Crippen LogP contribution < -0.4 is 0 Å². The van der Waals surface area contributed by atoms with E-state index in [1.165, 1.54) is 11.1 Å². The maximum absolute atomic E-state index is 11.9. The Balaban J connectivity index is 1.50. The molecule has 1 heterocycles. The van der Waals surface area contributed by atoms with Gasteiger partial charge in [-0.15, -0.1) is 10.2 Å². The van der Waals surface area contributed by atoms with Crippen molar-refractivity contribution in [2.45, 2.75) is 33.3 Å². The predicted molar refractivity (Wildman–Crippen MR) is 93.8 cm³/mol. The Hall–Kier alpha value is -2.95. The fourth-order valence-corrected chi connectivity index (χ4v) is 2.59. The summed E-state index contributed by atoms with van der Waals surface area (Å²) in [6.07, 6.45) is 0.980. The quantitative estimate of drug-likeness (QED) is 0.636. The molecule has 0 aliphatic heterocycles. The number of carbonyl (C=O) groups excluding carboxylic acids is 1. The van der Waals surface area contributed by atoms with Crippen LogP contribution >= 0.6 is 0 Å². The molecule has 0 aliphatic rings. The molecule has 0 saturated carbocycles. The van der Waals surface area contributed by atoms with Gasteiger partial charge in [0.05, 0.1) is 0 Å². The van der Waals surface area contributed by atoms with Gasteiger partial charge in [-0.3, -0.25) is 4.79 Å². The van der Waals surface area contributed by atoms with Crippen molar-refractivity contribution in [1.29, 1.82) is 0 Å². The van der Waals surface area contributed by atoms with Crippen molar-refractivity contribution in [2.75, 3.05) is 0 Å². The minimum atomic E-state index is -0.278. The van der Waals surface area contributed by atoms with Gasteiger partial charge in [0.25, 0.3) is 5.89 Å². The highest BCUT2D eigenvalue weighted by molar-refractivity contribution is 5.69. The fraction of sp³-hybridized carbons (Fsp3) is 0.250. The summed E-state index contributed by atoms with van der Waals surface area (Å²) in [6, 6.07) is 15.7.